The Morgan fingerprint density at radius 1 is 1.59 bits per heavy atom. The normalized spacial score (nSPS) is 20.6. The molecule has 0 saturated carbocycles. The van der Waals surface area contributed by atoms with E-state index in [-0.39, 0.29) is 5.78 Å². The van der Waals surface area contributed by atoms with Gasteiger partial charge in [-0.05, 0) is 24.8 Å². The van der Waals surface area contributed by atoms with Crippen LogP contribution in [-0.4, -0.2) is 32.6 Å². The fourth-order valence-corrected chi connectivity index (χ4v) is 2.32. The second-order valence-electron chi connectivity index (χ2n) is 4.60. The monoisotopic (exact) mass is 237 g/mol. The van der Waals surface area contributed by atoms with Crippen LogP contribution >= 0.6 is 0 Å². The molecule has 94 valence electrons. The van der Waals surface area contributed by atoms with Crippen LogP contribution in [0.5, 0.6) is 0 Å². The third-order valence-electron chi connectivity index (χ3n) is 3.17. The van der Waals surface area contributed by atoms with Crippen LogP contribution in [0.2, 0.25) is 0 Å². The van der Waals surface area contributed by atoms with Gasteiger partial charge in [0.15, 0.2) is 17.4 Å². The maximum Gasteiger partial charge on any atom is 0.196 e. The average Bonchev–Trinajstić information content (AvgIpc) is 2.79. The van der Waals surface area contributed by atoms with Gasteiger partial charge in [0.2, 0.25) is 0 Å². The molecule has 17 heavy (non-hydrogen) atoms. The van der Waals surface area contributed by atoms with Gasteiger partial charge in [0.05, 0.1) is 6.61 Å². The average molecular weight is 237 g/mol. The van der Waals surface area contributed by atoms with Crippen molar-refractivity contribution in [2.24, 2.45) is 5.92 Å². The molecule has 1 aliphatic heterocycles. The molecule has 1 unspecified atom stereocenters. The molecule has 2 heterocycles. The quantitative estimate of drug-likeness (QED) is 0.754. The zero-order valence-electron chi connectivity index (χ0n) is 10.4. The van der Waals surface area contributed by atoms with Gasteiger partial charge in [-0.2, -0.15) is 0 Å². The van der Waals surface area contributed by atoms with E-state index in [4.69, 9.17) is 9.15 Å². The van der Waals surface area contributed by atoms with Crippen LogP contribution in [0.3, 0.4) is 0 Å². The number of ketones is 1. The number of piperidine rings is 1. The fraction of sp³-hybridized carbons (Fsp3) is 0.615. The van der Waals surface area contributed by atoms with Gasteiger partial charge in [0.25, 0.3) is 0 Å². The molecule has 4 heteroatoms. The van der Waals surface area contributed by atoms with E-state index >= 15 is 0 Å². The summed E-state index contributed by atoms with van der Waals surface area (Å²) < 4.78 is 10.7. The largest absolute Gasteiger partial charge is 0.437 e. The molecule has 1 aliphatic rings. The van der Waals surface area contributed by atoms with E-state index in [0.29, 0.717) is 11.7 Å². The van der Waals surface area contributed by atoms with E-state index in [1.807, 2.05) is 6.07 Å². The molecule has 4 nitrogen and oxygen atoms in total. The number of nitrogens with zero attached hydrogens (tertiary/aromatic N) is 1. The zero-order valence-corrected chi connectivity index (χ0v) is 10.4. The Morgan fingerprint density at radius 3 is 3.06 bits per heavy atom. The third-order valence-corrected chi connectivity index (χ3v) is 3.17. The number of carbonyl (C=O) groups is 1. The van der Waals surface area contributed by atoms with Crippen molar-refractivity contribution in [3.05, 3.63) is 17.9 Å². The second-order valence-corrected chi connectivity index (χ2v) is 4.60. The molecule has 0 amide bonds. The lowest BCUT2D eigenvalue weighted by molar-refractivity contribution is 0.0987. The first-order valence-electron chi connectivity index (χ1n) is 6.05. The highest BCUT2D eigenvalue weighted by molar-refractivity contribution is 5.91. The molecular formula is C13H19NO3. The molecule has 0 radical (unpaired) electrons. The summed E-state index contributed by atoms with van der Waals surface area (Å²) in [6.07, 6.45) is 2.34. The molecule has 0 aromatic carbocycles. The van der Waals surface area contributed by atoms with E-state index in [1.165, 1.54) is 13.3 Å². The summed E-state index contributed by atoms with van der Waals surface area (Å²) in [6.45, 7) is 4.24. The standard InChI is InChI=1S/C13H19NO3/c1-10(15)12-5-6-13(17-12)14-7-3-4-11(8-14)9-16-2/h5-6,11H,3-4,7-9H2,1-2H3. The Kier molecular flexibility index (Phi) is 3.84. The van der Waals surface area contributed by atoms with Crippen molar-refractivity contribution < 1.29 is 13.9 Å². The summed E-state index contributed by atoms with van der Waals surface area (Å²) in [6, 6.07) is 3.63. The maximum absolute atomic E-state index is 11.2. The molecule has 1 aromatic rings. The molecule has 0 bridgehead atoms. The van der Waals surface area contributed by atoms with Crippen molar-refractivity contribution in [2.75, 3.05) is 31.7 Å². The van der Waals surface area contributed by atoms with Crippen LogP contribution in [0.1, 0.15) is 30.3 Å². The van der Waals surface area contributed by atoms with Crippen LogP contribution < -0.4 is 4.90 Å². The zero-order chi connectivity index (χ0) is 12.3. The number of anilines is 1. The maximum atomic E-state index is 11.2. The van der Waals surface area contributed by atoms with Gasteiger partial charge in [-0.25, -0.2) is 0 Å². The second kappa shape index (κ2) is 5.36. The molecule has 0 spiro atoms. The number of Topliss-reactive ketones (excluding diaryl/α,β-unsaturated/α-hetero) is 1. The molecule has 0 aliphatic carbocycles. The summed E-state index contributed by atoms with van der Waals surface area (Å²) in [7, 11) is 1.74. The minimum atomic E-state index is -0.0262. The highest BCUT2D eigenvalue weighted by atomic mass is 16.5. The summed E-state index contributed by atoms with van der Waals surface area (Å²) >= 11 is 0. The van der Waals surface area contributed by atoms with E-state index < -0.39 is 0 Å². The first kappa shape index (κ1) is 12.2. The van der Waals surface area contributed by atoms with Crippen molar-refractivity contribution in [1.29, 1.82) is 0 Å². The lowest BCUT2D eigenvalue weighted by Gasteiger charge is -2.32. The third kappa shape index (κ3) is 2.88. The number of furan rings is 1. The van der Waals surface area contributed by atoms with Gasteiger partial charge in [0.1, 0.15) is 0 Å². The Morgan fingerprint density at radius 2 is 2.41 bits per heavy atom. The van der Waals surface area contributed by atoms with E-state index in [1.54, 1.807) is 13.2 Å². The van der Waals surface area contributed by atoms with Crippen molar-refractivity contribution in [3.63, 3.8) is 0 Å². The van der Waals surface area contributed by atoms with E-state index in [0.717, 1.165) is 32.0 Å². The topological polar surface area (TPSA) is 42.7 Å². The van der Waals surface area contributed by atoms with Crippen LogP contribution in [-0.2, 0) is 4.74 Å². The lowest BCUT2D eigenvalue weighted by atomic mass is 9.99. The number of ether oxygens (including phenoxy) is 1. The predicted octanol–water partition coefficient (Wildman–Crippen LogP) is 2.35. The minimum Gasteiger partial charge on any atom is -0.437 e. The van der Waals surface area contributed by atoms with Gasteiger partial charge in [-0.1, -0.05) is 0 Å². The first-order chi connectivity index (χ1) is 8.20. The molecule has 1 aromatic heterocycles. The lowest BCUT2D eigenvalue weighted by Crippen LogP contribution is -2.36. The predicted molar refractivity (Wildman–Crippen MR) is 65.5 cm³/mol. The van der Waals surface area contributed by atoms with Gasteiger partial charge in [-0.3, -0.25) is 4.79 Å². The number of hydrogen-bond donors (Lipinski definition) is 0. The smallest absolute Gasteiger partial charge is 0.196 e. The van der Waals surface area contributed by atoms with Gasteiger partial charge >= 0.3 is 0 Å². The summed E-state index contributed by atoms with van der Waals surface area (Å²) in [4.78, 5) is 13.4. The van der Waals surface area contributed by atoms with Crippen LogP contribution in [0.4, 0.5) is 5.88 Å². The molecule has 1 fully saturated rings. The summed E-state index contributed by atoms with van der Waals surface area (Å²) in [5, 5.41) is 0. The van der Waals surface area contributed by atoms with E-state index in [2.05, 4.69) is 4.90 Å². The Labute approximate surface area is 102 Å². The number of carbonyl (C=O) groups excluding carboxylic acids is 1. The molecule has 1 atom stereocenters. The van der Waals surface area contributed by atoms with Crippen LogP contribution in [0, 0.1) is 5.92 Å². The Bertz CT molecular complexity index is 384. The number of hydrogen-bond acceptors (Lipinski definition) is 4. The van der Waals surface area contributed by atoms with Crippen LogP contribution in [0.25, 0.3) is 0 Å². The molecule has 2 rings (SSSR count). The number of rotatable bonds is 4. The van der Waals surface area contributed by atoms with Gasteiger partial charge in [0, 0.05) is 33.2 Å². The van der Waals surface area contributed by atoms with Crippen molar-refractivity contribution in [2.45, 2.75) is 19.8 Å². The van der Waals surface area contributed by atoms with E-state index in [9.17, 15) is 4.79 Å². The summed E-state index contributed by atoms with van der Waals surface area (Å²) in [5.41, 5.74) is 0. The first-order valence-corrected chi connectivity index (χ1v) is 6.05. The highest BCUT2D eigenvalue weighted by Crippen LogP contribution is 2.25. The fourth-order valence-electron chi connectivity index (χ4n) is 2.32. The van der Waals surface area contributed by atoms with Crippen molar-refractivity contribution >= 4 is 11.7 Å². The molecule has 1 saturated heterocycles. The number of methoxy groups -OCH3 is 1. The summed E-state index contributed by atoms with van der Waals surface area (Å²) in [5.74, 6) is 1.77. The van der Waals surface area contributed by atoms with Crippen LogP contribution in [0.15, 0.2) is 16.5 Å². The minimum absolute atomic E-state index is 0.0262. The van der Waals surface area contributed by atoms with Crippen molar-refractivity contribution in [1.82, 2.24) is 0 Å². The van der Waals surface area contributed by atoms with Gasteiger partial charge < -0.3 is 14.1 Å². The van der Waals surface area contributed by atoms with Crippen molar-refractivity contribution in [3.8, 4) is 0 Å². The Hall–Kier alpha value is -1.29. The highest BCUT2D eigenvalue weighted by Gasteiger charge is 2.22. The molecule has 0 N–H and O–H groups in total. The molecular weight excluding hydrogens is 218 g/mol. The Balaban J connectivity index is 2.02. The SMILES string of the molecule is COCC1CCCN(c2ccc(C(C)=O)o2)C1. The van der Waals surface area contributed by atoms with Gasteiger partial charge in [-0.15, -0.1) is 0 Å².